The number of nitrogens with zero attached hydrogens (tertiary/aromatic N) is 2. The highest BCUT2D eigenvalue weighted by molar-refractivity contribution is 4.97. The van der Waals surface area contributed by atoms with E-state index in [0.717, 1.165) is 18.5 Å². The van der Waals surface area contributed by atoms with Crippen molar-refractivity contribution in [2.45, 2.75) is 44.4 Å². The van der Waals surface area contributed by atoms with Crippen molar-refractivity contribution in [3.8, 4) is 0 Å². The molecule has 0 radical (unpaired) electrons. The zero-order valence-corrected chi connectivity index (χ0v) is 11.0. The summed E-state index contributed by atoms with van der Waals surface area (Å²) in [6, 6.07) is 1.97. The maximum atomic E-state index is 9.78. The van der Waals surface area contributed by atoms with Gasteiger partial charge in [0.2, 0.25) is 0 Å². The molecule has 0 amide bonds. The van der Waals surface area contributed by atoms with Gasteiger partial charge in [0.15, 0.2) is 0 Å². The van der Waals surface area contributed by atoms with Gasteiger partial charge in [0.25, 0.3) is 0 Å². The van der Waals surface area contributed by atoms with E-state index in [9.17, 15) is 5.11 Å². The highest BCUT2D eigenvalue weighted by atomic mass is 16.5. The van der Waals surface area contributed by atoms with Crippen LogP contribution in [0.25, 0.3) is 0 Å². The molecule has 5 nitrogen and oxygen atoms in total. The highest BCUT2D eigenvalue weighted by Gasteiger charge is 2.16. The van der Waals surface area contributed by atoms with Gasteiger partial charge in [0.05, 0.1) is 24.5 Å². The summed E-state index contributed by atoms with van der Waals surface area (Å²) in [7, 11) is 1.90. The minimum atomic E-state index is -0.436. The van der Waals surface area contributed by atoms with Crippen LogP contribution in [0.15, 0.2) is 12.3 Å². The van der Waals surface area contributed by atoms with Crippen molar-refractivity contribution < 1.29 is 9.84 Å². The molecule has 2 rings (SSSR count). The van der Waals surface area contributed by atoms with Crippen LogP contribution in [0.5, 0.6) is 0 Å². The fraction of sp³-hybridized carbons (Fsp3) is 0.769. The first-order valence-corrected chi connectivity index (χ1v) is 6.73. The number of aryl methyl sites for hydroxylation is 1. The maximum Gasteiger partial charge on any atom is 0.0897 e. The van der Waals surface area contributed by atoms with Crippen LogP contribution in [0.2, 0.25) is 0 Å². The summed E-state index contributed by atoms with van der Waals surface area (Å²) < 4.78 is 7.44. The molecule has 0 bridgehead atoms. The van der Waals surface area contributed by atoms with E-state index >= 15 is 0 Å². The molecule has 0 saturated heterocycles. The lowest BCUT2D eigenvalue weighted by molar-refractivity contribution is -0.00552. The lowest BCUT2D eigenvalue weighted by Crippen LogP contribution is -2.31. The topological polar surface area (TPSA) is 59.3 Å². The van der Waals surface area contributed by atoms with Crippen molar-refractivity contribution in [3.05, 3.63) is 18.0 Å². The van der Waals surface area contributed by atoms with Gasteiger partial charge in [-0.25, -0.2) is 0 Å². The second-order valence-electron chi connectivity index (χ2n) is 5.01. The molecule has 0 aliphatic heterocycles. The second-order valence-corrected chi connectivity index (χ2v) is 5.01. The molecule has 0 aromatic carbocycles. The number of ether oxygens (including phenoxy) is 1. The Labute approximate surface area is 108 Å². The minimum absolute atomic E-state index is 0.371. The lowest BCUT2D eigenvalue weighted by atomic mass is 10.3. The van der Waals surface area contributed by atoms with E-state index in [0.29, 0.717) is 25.8 Å². The number of aliphatic hydroxyl groups excluding tert-OH is 1. The third-order valence-corrected chi connectivity index (χ3v) is 3.28. The van der Waals surface area contributed by atoms with Gasteiger partial charge in [-0.1, -0.05) is 12.8 Å². The highest BCUT2D eigenvalue weighted by Crippen LogP contribution is 2.20. The zero-order valence-electron chi connectivity index (χ0n) is 11.0. The molecule has 1 aliphatic rings. The van der Waals surface area contributed by atoms with Gasteiger partial charge in [-0.2, -0.15) is 5.10 Å². The molecule has 1 fully saturated rings. The first-order valence-electron chi connectivity index (χ1n) is 6.73. The Morgan fingerprint density at radius 1 is 1.56 bits per heavy atom. The molecular formula is C13H23N3O2. The minimum Gasteiger partial charge on any atom is -0.389 e. The summed E-state index contributed by atoms with van der Waals surface area (Å²) >= 11 is 0. The van der Waals surface area contributed by atoms with Gasteiger partial charge < -0.3 is 15.2 Å². The Hall–Kier alpha value is -0.910. The molecule has 1 heterocycles. The maximum absolute atomic E-state index is 9.78. The summed E-state index contributed by atoms with van der Waals surface area (Å²) in [5, 5.41) is 17.2. The summed E-state index contributed by atoms with van der Waals surface area (Å²) in [5.41, 5.74) is 0.987. The van der Waals surface area contributed by atoms with Crippen LogP contribution in [-0.2, 0) is 18.3 Å². The molecule has 1 saturated carbocycles. The smallest absolute Gasteiger partial charge is 0.0897 e. The van der Waals surface area contributed by atoms with Crippen molar-refractivity contribution >= 4 is 0 Å². The van der Waals surface area contributed by atoms with E-state index in [-0.39, 0.29) is 0 Å². The molecule has 1 aliphatic carbocycles. The van der Waals surface area contributed by atoms with Crippen LogP contribution >= 0.6 is 0 Å². The molecular weight excluding hydrogens is 230 g/mol. The van der Waals surface area contributed by atoms with Gasteiger partial charge in [-0.15, -0.1) is 0 Å². The van der Waals surface area contributed by atoms with Crippen LogP contribution in [0.1, 0.15) is 31.4 Å². The second kappa shape index (κ2) is 6.87. The van der Waals surface area contributed by atoms with Gasteiger partial charge >= 0.3 is 0 Å². The van der Waals surface area contributed by atoms with Crippen molar-refractivity contribution in [2.24, 2.45) is 7.05 Å². The van der Waals surface area contributed by atoms with Crippen LogP contribution < -0.4 is 5.32 Å². The molecule has 1 aromatic rings. The van der Waals surface area contributed by atoms with Crippen LogP contribution in [0.3, 0.4) is 0 Å². The average Bonchev–Trinajstić information content (AvgIpc) is 2.98. The van der Waals surface area contributed by atoms with Crippen LogP contribution in [0, 0.1) is 0 Å². The van der Waals surface area contributed by atoms with Crippen LogP contribution in [0.4, 0.5) is 0 Å². The Kier molecular flexibility index (Phi) is 5.16. The molecule has 5 heteroatoms. The SMILES string of the molecule is Cn1ccc(CNCC(O)COC2CCCC2)n1. The number of rotatable bonds is 7. The first kappa shape index (κ1) is 13.5. The van der Waals surface area contributed by atoms with E-state index < -0.39 is 6.10 Å². The summed E-state index contributed by atoms with van der Waals surface area (Å²) in [6.07, 6.45) is 6.67. The largest absolute Gasteiger partial charge is 0.389 e. The number of hydrogen-bond donors (Lipinski definition) is 2. The number of aliphatic hydroxyl groups is 1. The number of nitrogens with one attached hydrogen (secondary N) is 1. The first-order chi connectivity index (χ1) is 8.74. The third kappa shape index (κ3) is 4.40. The van der Waals surface area contributed by atoms with E-state index in [1.807, 2.05) is 19.3 Å². The fourth-order valence-electron chi connectivity index (χ4n) is 2.29. The van der Waals surface area contributed by atoms with Crippen molar-refractivity contribution in [3.63, 3.8) is 0 Å². The molecule has 2 N–H and O–H groups in total. The Morgan fingerprint density at radius 3 is 3.00 bits per heavy atom. The van der Waals surface area contributed by atoms with Crippen molar-refractivity contribution in [2.75, 3.05) is 13.2 Å². The van der Waals surface area contributed by atoms with E-state index in [2.05, 4.69) is 10.4 Å². The molecule has 1 aromatic heterocycles. The van der Waals surface area contributed by atoms with Gasteiger partial charge in [-0.3, -0.25) is 4.68 Å². The Balaban J connectivity index is 1.55. The third-order valence-electron chi connectivity index (χ3n) is 3.28. The Bertz CT molecular complexity index is 348. The zero-order chi connectivity index (χ0) is 12.8. The summed E-state index contributed by atoms with van der Waals surface area (Å²) in [6.45, 7) is 1.66. The lowest BCUT2D eigenvalue weighted by Gasteiger charge is -2.15. The van der Waals surface area contributed by atoms with Gasteiger partial charge in [0.1, 0.15) is 0 Å². The molecule has 0 spiro atoms. The quantitative estimate of drug-likeness (QED) is 0.755. The standard InChI is InChI=1S/C13H23N3O2/c1-16-7-6-11(15-16)8-14-9-12(17)10-18-13-4-2-3-5-13/h6-7,12-14,17H,2-5,8-10H2,1H3. The van der Waals surface area contributed by atoms with Crippen molar-refractivity contribution in [1.29, 1.82) is 0 Å². The molecule has 102 valence electrons. The Morgan fingerprint density at radius 2 is 2.33 bits per heavy atom. The van der Waals surface area contributed by atoms with E-state index in [1.54, 1.807) is 4.68 Å². The predicted octanol–water partition coefficient (Wildman–Crippen LogP) is 0.830. The number of aromatic nitrogens is 2. The van der Waals surface area contributed by atoms with Crippen molar-refractivity contribution in [1.82, 2.24) is 15.1 Å². The molecule has 1 unspecified atom stereocenters. The monoisotopic (exact) mass is 253 g/mol. The summed E-state index contributed by atoms with van der Waals surface area (Å²) in [4.78, 5) is 0. The molecule has 18 heavy (non-hydrogen) atoms. The van der Waals surface area contributed by atoms with E-state index in [1.165, 1.54) is 12.8 Å². The normalized spacial score (nSPS) is 18.3. The van der Waals surface area contributed by atoms with Gasteiger partial charge in [0, 0.05) is 26.3 Å². The number of hydrogen-bond acceptors (Lipinski definition) is 4. The van der Waals surface area contributed by atoms with E-state index in [4.69, 9.17) is 4.74 Å². The summed E-state index contributed by atoms with van der Waals surface area (Å²) in [5.74, 6) is 0. The van der Waals surface area contributed by atoms with Gasteiger partial charge in [-0.05, 0) is 18.9 Å². The average molecular weight is 253 g/mol. The molecule has 1 atom stereocenters. The fourth-order valence-corrected chi connectivity index (χ4v) is 2.29. The van der Waals surface area contributed by atoms with Crippen LogP contribution in [-0.4, -0.2) is 40.2 Å². The predicted molar refractivity (Wildman–Crippen MR) is 69.1 cm³/mol.